The van der Waals surface area contributed by atoms with Gasteiger partial charge in [-0.25, -0.2) is 12.8 Å². The van der Waals surface area contributed by atoms with Gasteiger partial charge in [0.25, 0.3) is 5.91 Å². The fourth-order valence-electron chi connectivity index (χ4n) is 3.95. The highest BCUT2D eigenvalue weighted by atomic mass is 32.2. The molecule has 34 heavy (non-hydrogen) atoms. The highest BCUT2D eigenvalue weighted by Gasteiger charge is 2.38. The molecule has 9 heteroatoms. The van der Waals surface area contributed by atoms with Crippen LogP contribution in [0.3, 0.4) is 0 Å². The molecule has 0 aliphatic carbocycles. The largest absolute Gasteiger partial charge is 0.487 e. The van der Waals surface area contributed by atoms with Crippen LogP contribution < -0.4 is 4.74 Å². The van der Waals surface area contributed by atoms with Crippen molar-refractivity contribution >= 4 is 22.0 Å². The summed E-state index contributed by atoms with van der Waals surface area (Å²) < 4.78 is 48.1. The summed E-state index contributed by atoms with van der Waals surface area (Å²) in [6.07, 6.45) is 3.12. The Bertz CT molecular complexity index is 1170. The van der Waals surface area contributed by atoms with E-state index in [1.54, 1.807) is 32.2 Å². The SMILES string of the molecule is C/C=C/c1ccc2c(c1)O[C@@H](CN(C)C(=O)c1cccc(F)c1)[C@H](C)CN([C@H](C)CO)S2(=O)=O. The first-order chi connectivity index (χ1) is 16.1. The maximum atomic E-state index is 13.6. The fourth-order valence-corrected chi connectivity index (χ4v) is 5.78. The van der Waals surface area contributed by atoms with E-state index in [1.165, 1.54) is 33.5 Å². The van der Waals surface area contributed by atoms with Gasteiger partial charge in [0.15, 0.2) is 0 Å². The number of benzene rings is 2. The average molecular weight is 491 g/mol. The Morgan fingerprint density at radius 2 is 2.06 bits per heavy atom. The molecular formula is C25H31FN2O5S. The van der Waals surface area contributed by atoms with Crippen molar-refractivity contribution in [1.29, 1.82) is 0 Å². The summed E-state index contributed by atoms with van der Waals surface area (Å²) in [5, 5.41) is 9.73. The Morgan fingerprint density at radius 1 is 1.32 bits per heavy atom. The Hall–Kier alpha value is -2.75. The van der Waals surface area contributed by atoms with Gasteiger partial charge in [0.2, 0.25) is 10.0 Å². The number of ether oxygens (including phenoxy) is 1. The number of allylic oxidation sites excluding steroid dienone is 1. The molecule has 0 aromatic heterocycles. The molecule has 1 aliphatic heterocycles. The summed E-state index contributed by atoms with van der Waals surface area (Å²) >= 11 is 0. The van der Waals surface area contributed by atoms with Gasteiger partial charge in [-0.05, 0) is 49.7 Å². The number of rotatable bonds is 6. The summed E-state index contributed by atoms with van der Waals surface area (Å²) in [5.41, 5.74) is 0.990. The molecule has 1 N–H and O–H groups in total. The van der Waals surface area contributed by atoms with Gasteiger partial charge < -0.3 is 14.7 Å². The average Bonchev–Trinajstić information content (AvgIpc) is 2.80. The number of halogens is 1. The number of hydrogen-bond acceptors (Lipinski definition) is 5. The number of sulfonamides is 1. The molecule has 7 nitrogen and oxygen atoms in total. The van der Waals surface area contributed by atoms with Crippen molar-refractivity contribution in [2.24, 2.45) is 5.92 Å². The number of nitrogens with zero attached hydrogens (tertiary/aromatic N) is 2. The lowest BCUT2D eigenvalue weighted by atomic mass is 10.0. The minimum absolute atomic E-state index is 0.0112. The summed E-state index contributed by atoms with van der Waals surface area (Å²) in [6.45, 7) is 5.28. The monoisotopic (exact) mass is 490 g/mol. The lowest BCUT2D eigenvalue weighted by molar-refractivity contribution is 0.0563. The number of carbonyl (C=O) groups is 1. The van der Waals surface area contributed by atoms with Gasteiger partial charge in [0, 0.05) is 31.1 Å². The number of fused-ring (bicyclic) bond motifs is 1. The molecular weight excluding hydrogens is 459 g/mol. The molecule has 1 aliphatic rings. The van der Waals surface area contributed by atoms with E-state index < -0.39 is 28.0 Å². The number of aliphatic hydroxyl groups excluding tert-OH is 1. The Balaban J connectivity index is 2.00. The fraction of sp³-hybridized carbons (Fsp3) is 0.400. The van der Waals surface area contributed by atoms with Gasteiger partial charge in [-0.3, -0.25) is 4.79 Å². The number of carbonyl (C=O) groups excluding carboxylic acids is 1. The molecule has 0 fully saturated rings. The second kappa shape index (κ2) is 10.7. The van der Waals surface area contributed by atoms with Gasteiger partial charge in [-0.15, -0.1) is 0 Å². The molecule has 0 spiro atoms. The van der Waals surface area contributed by atoms with E-state index in [9.17, 15) is 22.7 Å². The Kier molecular flexibility index (Phi) is 8.12. The number of hydrogen-bond donors (Lipinski definition) is 1. The lowest BCUT2D eigenvalue weighted by Gasteiger charge is -2.37. The van der Waals surface area contributed by atoms with Crippen LogP contribution in [0.15, 0.2) is 53.4 Å². The van der Waals surface area contributed by atoms with E-state index in [0.717, 1.165) is 5.56 Å². The number of likely N-dealkylation sites (N-methyl/N-ethyl adjacent to an activating group) is 1. The minimum Gasteiger partial charge on any atom is -0.487 e. The van der Waals surface area contributed by atoms with Crippen molar-refractivity contribution in [3.63, 3.8) is 0 Å². The van der Waals surface area contributed by atoms with Crippen molar-refractivity contribution in [3.05, 3.63) is 65.5 Å². The predicted molar refractivity (Wildman–Crippen MR) is 129 cm³/mol. The zero-order valence-corrected chi connectivity index (χ0v) is 20.6. The van der Waals surface area contributed by atoms with Crippen molar-refractivity contribution in [1.82, 2.24) is 9.21 Å². The maximum absolute atomic E-state index is 13.6. The van der Waals surface area contributed by atoms with E-state index in [4.69, 9.17) is 4.74 Å². The van der Waals surface area contributed by atoms with Gasteiger partial charge in [0.05, 0.1) is 13.2 Å². The van der Waals surface area contributed by atoms with Crippen LogP contribution in [0.25, 0.3) is 6.08 Å². The van der Waals surface area contributed by atoms with Crippen molar-refractivity contribution in [2.45, 2.75) is 37.8 Å². The highest BCUT2D eigenvalue weighted by molar-refractivity contribution is 7.89. The standard InChI is InChI=1S/C25H31FN2O5S/c1-5-7-19-10-11-24-22(12-19)33-23(17(2)14-28(18(3)16-29)34(24,31)32)15-27(4)25(30)20-8-6-9-21(26)13-20/h5-13,17-18,23,29H,14-16H2,1-4H3/b7-5+/t17-,18-,23+/m1/s1. The summed E-state index contributed by atoms with van der Waals surface area (Å²) in [6, 6.07) is 9.69. The molecule has 2 aromatic carbocycles. The van der Waals surface area contributed by atoms with E-state index in [1.807, 2.05) is 26.0 Å². The molecule has 0 saturated heterocycles. The second-order valence-corrected chi connectivity index (χ2v) is 10.5. The first-order valence-electron chi connectivity index (χ1n) is 11.2. The topological polar surface area (TPSA) is 87.2 Å². The van der Waals surface area contributed by atoms with E-state index in [2.05, 4.69) is 0 Å². The van der Waals surface area contributed by atoms with Crippen LogP contribution in [0.4, 0.5) is 4.39 Å². The number of aliphatic hydroxyl groups is 1. The quantitative estimate of drug-likeness (QED) is 0.671. The molecule has 3 atom stereocenters. The van der Waals surface area contributed by atoms with E-state index >= 15 is 0 Å². The smallest absolute Gasteiger partial charge is 0.253 e. The van der Waals surface area contributed by atoms with Crippen LogP contribution in [0.5, 0.6) is 5.75 Å². The van der Waals surface area contributed by atoms with Gasteiger partial charge in [-0.2, -0.15) is 4.31 Å². The first kappa shape index (κ1) is 25.9. The van der Waals surface area contributed by atoms with Gasteiger partial charge in [0.1, 0.15) is 22.6 Å². The molecule has 0 radical (unpaired) electrons. The van der Waals surface area contributed by atoms with E-state index in [-0.39, 0.29) is 47.7 Å². The Labute approximate surface area is 200 Å². The van der Waals surface area contributed by atoms with Crippen LogP contribution in [0.1, 0.15) is 36.7 Å². The van der Waals surface area contributed by atoms with Gasteiger partial charge >= 0.3 is 0 Å². The van der Waals surface area contributed by atoms with E-state index in [0.29, 0.717) is 0 Å². The van der Waals surface area contributed by atoms with Crippen molar-refractivity contribution in [2.75, 3.05) is 26.7 Å². The van der Waals surface area contributed by atoms with Crippen LogP contribution in [-0.4, -0.2) is 67.5 Å². The second-order valence-electron chi connectivity index (χ2n) is 8.64. The van der Waals surface area contributed by atoms with Crippen LogP contribution in [0, 0.1) is 11.7 Å². The molecule has 0 bridgehead atoms. The maximum Gasteiger partial charge on any atom is 0.253 e. The molecule has 184 valence electrons. The molecule has 1 heterocycles. The third-order valence-electron chi connectivity index (χ3n) is 5.92. The molecule has 2 aromatic rings. The third-order valence-corrected chi connectivity index (χ3v) is 7.94. The predicted octanol–water partition coefficient (Wildman–Crippen LogP) is 3.40. The minimum atomic E-state index is -3.93. The normalized spacial score (nSPS) is 21.2. The van der Waals surface area contributed by atoms with Crippen LogP contribution in [0.2, 0.25) is 0 Å². The van der Waals surface area contributed by atoms with Gasteiger partial charge in [-0.1, -0.05) is 31.2 Å². The third kappa shape index (κ3) is 5.48. The summed E-state index contributed by atoms with van der Waals surface area (Å²) in [7, 11) is -2.33. The zero-order chi connectivity index (χ0) is 25.0. The lowest BCUT2D eigenvalue weighted by Crippen LogP contribution is -2.50. The van der Waals surface area contributed by atoms with Crippen molar-refractivity contribution in [3.8, 4) is 5.75 Å². The highest BCUT2D eigenvalue weighted by Crippen LogP contribution is 2.34. The molecule has 0 unspecified atom stereocenters. The summed E-state index contributed by atoms with van der Waals surface area (Å²) in [4.78, 5) is 14.4. The first-order valence-corrected chi connectivity index (χ1v) is 12.6. The molecule has 1 amide bonds. The number of amides is 1. The van der Waals surface area contributed by atoms with Crippen LogP contribution >= 0.6 is 0 Å². The molecule has 0 saturated carbocycles. The molecule has 3 rings (SSSR count). The Morgan fingerprint density at radius 3 is 2.71 bits per heavy atom. The van der Waals surface area contributed by atoms with Crippen molar-refractivity contribution < 1.29 is 27.4 Å². The van der Waals surface area contributed by atoms with Crippen LogP contribution in [-0.2, 0) is 10.0 Å². The summed E-state index contributed by atoms with van der Waals surface area (Å²) in [5.74, 6) is -0.994. The zero-order valence-electron chi connectivity index (χ0n) is 19.8.